The first kappa shape index (κ1) is 19.6. The lowest BCUT2D eigenvalue weighted by molar-refractivity contribution is -0.125. The van der Waals surface area contributed by atoms with Crippen LogP contribution in [0.25, 0.3) is 10.9 Å². The maximum Gasteiger partial charge on any atom is 0.223 e. The summed E-state index contributed by atoms with van der Waals surface area (Å²) in [6, 6.07) is 9.99. The predicted molar refractivity (Wildman–Crippen MR) is 112 cm³/mol. The maximum absolute atomic E-state index is 12.6. The zero-order valence-corrected chi connectivity index (χ0v) is 16.6. The Kier molecular flexibility index (Phi) is 6.23. The molecule has 2 aliphatic rings. The fraction of sp³-hybridized carbons (Fsp3) is 0.500. The molecule has 2 saturated heterocycles. The number of rotatable bonds is 5. The molecule has 0 atom stereocenters. The second-order valence-electron chi connectivity index (χ2n) is 7.65. The summed E-state index contributed by atoms with van der Waals surface area (Å²) in [7, 11) is 0. The van der Waals surface area contributed by atoms with Gasteiger partial charge in [-0.1, -0.05) is 0 Å². The highest BCUT2D eigenvalue weighted by atomic mass is 16.5. The van der Waals surface area contributed by atoms with E-state index in [1.165, 1.54) is 0 Å². The highest BCUT2D eigenvalue weighted by molar-refractivity contribution is 5.95. The van der Waals surface area contributed by atoms with E-state index in [-0.39, 0.29) is 11.8 Å². The Hall–Kier alpha value is -2.69. The molecule has 29 heavy (non-hydrogen) atoms. The van der Waals surface area contributed by atoms with E-state index in [1.807, 2.05) is 24.3 Å². The molecule has 1 aromatic carbocycles. The van der Waals surface area contributed by atoms with Crippen LogP contribution < -0.4 is 10.2 Å². The molecular formula is C22H27N5O2. The highest BCUT2D eigenvalue weighted by Crippen LogP contribution is 2.31. The Morgan fingerprint density at radius 3 is 2.76 bits per heavy atom. The molecule has 2 fully saturated rings. The molecule has 152 valence electrons. The Bertz CT molecular complexity index is 896. The number of hydrogen-bond acceptors (Lipinski definition) is 6. The first-order valence-electron chi connectivity index (χ1n) is 10.4. The third-order valence-electron chi connectivity index (χ3n) is 5.90. The van der Waals surface area contributed by atoms with Crippen LogP contribution in [0, 0.1) is 17.2 Å². The van der Waals surface area contributed by atoms with Crippen molar-refractivity contribution in [1.29, 1.82) is 5.26 Å². The molecule has 0 radical (unpaired) electrons. The van der Waals surface area contributed by atoms with Gasteiger partial charge in [0.25, 0.3) is 0 Å². The standard InChI is InChI=1S/C22H27N5O2/c23-16-18-3-4-20(19-2-1-7-24-21(18)19)27-9-5-17(6-10-27)22(28)25-8-11-26-12-14-29-15-13-26/h1-4,7,17H,5-6,8-15H2,(H,25,28). The van der Waals surface area contributed by atoms with E-state index in [2.05, 4.69) is 26.2 Å². The second-order valence-corrected chi connectivity index (χ2v) is 7.65. The van der Waals surface area contributed by atoms with Crippen molar-refractivity contribution in [2.75, 3.05) is 57.4 Å². The van der Waals surface area contributed by atoms with Crippen LogP contribution in [0.1, 0.15) is 18.4 Å². The molecule has 0 unspecified atom stereocenters. The number of amides is 1. The van der Waals surface area contributed by atoms with E-state index in [0.29, 0.717) is 12.1 Å². The molecule has 0 aliphatic carbocycles. The van der Waals surface area contributed by atoms with Crippen molar-refractivity contribution in [3.8, 4) is 6.07 Å². The summed E-state index contributed by atoms with van der Waals surface area (Å²) in [6.45, 7) is 6.71. The van der Waals surface area contributed by atoms with Crippen LogP contribution in [-0.2, 0) is 9.53 Å². The van der Waals surface area contributed by atoms with Crippen LogP contribution in [0.3, 0.4) is 0 Å². The van der Waals surface area contributed by atoms with Crippen molar-refractivity contribution < 1.29 is 9.53 Å². The number of benzene rings is 1. The fourth-order valence-corrected chi connectivity index (χ4v) is 4.21. The molecule has 4 rings (SSSR count). The number of fused-ring (bicyclic) bond motifs is 1. The van der Waals surface area contributed by atoms with Gasteiger partial charge in [0.2, 0.25) is 5.91 Å². The lowest BCUT2D eigenvalue weighted by Gasteiger charge is -2.34. The molecule has 1 N–H and O–H groups in total. The summed E-state index contributed by atoms with van der Waals surface area (Å²) in [6.07, 6.45) is 3.40. The fourth-order valence-electron chi connectivity index (χ4n) is 4.21. The van der Waals surface area contributed by atoms with Crippen molar-refractivity contribution in [2.24, 2.45) is 5.92 Å². The van der Waals surface area contributed by atoms with Crippen LogP contribution in [0.5, 0.6) is 0 Å². The largest absolute Gasteiger partial charge is 0.379 e. The number of nitrogens with zero attached hydrogens (tertiary/aromatic N) is 4. The molecule has 0 saturated carbocycles. The van der Waals surface area contributed by atoms with Gasteiger partial charge in [0.15, 0.2) is 0 Å². The van der Waals surface area contributed by atoms with E-state index in [0.717, 1.165) is 75.4 Å². The van der Waals surface area contributed by atoms with Gasteiger partial charge in [-0.2, -0.15) is 5.26 Å². The van der Waals surface area contributed by atoms with Gasteiger partial charge in [0, 0.05) is 62.5 Å². The number of carbonyl (C=O) groups excluding carboxylic acids is 1. The van der Waals surface area contributed by atoms with Crippen molar-refractivity contribution in [2.45, 2.75) is 12.8 Å². The molecular weight excluding hydrogens is 366 g/mol. The van der Waals surface area contributed by atoms with Gasteiger partial charge in [0.1, 0.15) is 6.07 Å². The van der Waals surface area contributed by atoms with Gasteiger partial charge >= 0.3 is 0 Å². The number of morpholine rings is 1. The first-order valence-corrected chi connectivity index (χ1v) is 10.4. The number of pyridine rings is 1. The molecule has 1 amide bonds. The number of hydrogen-bond donors (Lipinski definition) is 1. The molecule has 7 nitrogen and oxygen atoms in total. The third-order valence-corrected chi connectivity index (χ3v) is 5.90. The topological polar surface area (TPSA) is 81.5 Å². The third kappa shape index (κ3) is 4.50. The van der Waals surface area contributed by atoms with E-state index >= 15 is 0 Å². The molecule has 0 bridgehead atoms. The van der Waals surface area contributed by atoms with Crippen LogP contribution >= 0.6 is 0 Å². The lowest BCUT2D eigenvalue weighted by atomic mass is 9.95. The van der Waals surface area contributed by atoms with Crippen molar-refractivity contribution in [3.05, 3.63) is 36.0 Å². The summed E-state index contributed by atoms with van der Waals surface area (Å²) in [5.41, 5.74) is 2.44. The number of carbonyl (C=O) groups is 1. The number of aromatic nitrogens is 1. The number of anilines is 1. The molecule has 1 aromatic heterocycles. The van der Waals surface area contributed by atoms with Gasteiger partial charge in [-0.15, -0.1) is 0 Å². The van der Waals surface area contributed by atoms with Crippen molar-refractivity contribution in [1.82, 2.24) is 15.2 Å². The molecule has 3 heterocycles. The van der Waals surface area contributed by atoms with Gasteiger partial charge in [0.05, 0.1) is 24.3 Å². The minimum atomic E-state index is 0.0683. The van der Waals surface area contributed by atoms with Crippen LogP contribution in [-0.4, -0.2) is 68.3 Å². The normalized spacial score (nSPS) is 18.5. The van der Waals surface area contributed by atoms with Crippen LogP contribution in [0.15, 0.2) is 30.5 Å². The highest BCUT2D eigenvalue weighted by Gasteiger charge is 2.26. The van der Waals surface area contributed by atoms with Crippen LogP contribution in [0.4, 0.5) is 5.69 Å². The monoisotopic (exact) mass is 393 g/mol. The Labute approximate surface area is 171 Å². The number of piperidine rings is 1. The minimum absolute atomic E-state index is 0.0683. The molecule has 2 aromatic rings. The van der Waals surface area contributed by atoms with Gasteiger partial charge in [-0.3, -0.25) is 14.7 Å². The van der Waals surface area contributed by atoms with Gasteiger partial charge < -0.3 is 15.0 Å². The SMILES string of the molecule is N#Cc1ccc(N2CCC(C(=O)NCCN3CCOCC3)CC2)c2cccnc12. The second kappa shape index (κ2) is 9.21. The van der Waals surface area contributed by atoms with Gasteiger partial charge in [-0.25, -0.2) is 0 Å². The minimum Gasteiger partial charge on any atom is -0.379 e. The molecule has 7 heteroatoms. The zero-order chi connectivity index (χ0) is 20.1. The van der Waals surface area contributed by atoms with Gasteiger partial charge in [-0.05, 0) is 37.1 Å². The Balaban J connectivity index is 1.32. The number of ether oxygens (including phenoxy) is 1. The molecule has 0 spiro atoms. The number of nitriles is 1. The number of nitrogens with one attached hydrogen (secondary N) is 1. The Morgan fingerprint density at radius 1 is 1.21 bits per heavy atom. The smallest absolute Gasteiger partial charge is 0.223 e. The predicted octanol–water partition coefficient (Wildman–Crippen LogP) is 1.77. The van der Waals surface area contributed by atoms with Crippen molar-refractivity contribution in [3.63, 3.8) is 0 Å². The molecule has 2 aliphatic heterocycles. The van der Waals surface area contributed by atoms with E-state index < -0.39 is 0 Å². The van der Waals surface area contributed by atoms with Crippen LogP contribution in [0.2, 0.25) is 0 Å². The summed E-state index contributed by atoms with van der Waals surface area (Å²) in [5.74, 6) is 0.239. The summed E-state index contributed by atoms with van der Waals surface area (Å²) in [4.78, 5) is 21.6. The summed E-state index contributed by atoms with van der Waals surface area (Å²) >= 11 is 0. The van der Waals surface area contributed by atoms with E-state index in [9.17, 15) is 10.1 Å². The lowest BCUT2D eigenvalue weighted by Crippen LogP contribution is -2.44. The maximum atomic E-state index is 12.6. The first-order chi connectivity index (χ1) is 14.3. The average Bonchev–Trinajstić information content (AvgIpc) is 2.79. The Morgan fingerprint density at radius 2 is 2.00 bits per heavy atom. The average molecular weight is 393 g/mol. The zero-order valence-electron chi connectivity index (χ0n) is 16.6. The summed E-state index contributed by atoms with van der Waals surface area (Å²) < 4.78 is 5.36. The van der Waals surface area contributed by atoms with E-state index in [4.69, 9.17) is 4.74 Å². The van der Waals surface area contributed by atoms with Crippen molar-refractivity contribution >= 4 is 22.5 Å². The quantitative estimate of drug-likeness (QED) is 0.834. The summed E-state index contributed by atoms with van der Waals surface area (Å²) in [5, 5.41) is 13.4. The van der Waals surface area contributed by atoms with E-state index in [1.54, 1.807) is 6.20 Å².